The van der Waals surface area contributed by atoms with Gasteiger partial charge in [0.1, 0.15) is 6.61 Å². The number of carbonyl (C=O) groups is 2. The number of amides is 1. The number of nitrogens with zero attached hydrogens (tertiary/aromatic N) is 1. The van der Waals surface area contributed by atoms with E-state index in [0.717, 1.165) is 10.8 Å². The highest BCUT2D eigenvalue weighted by molar-refractivity contribution is 5.95. The lowest BCUT2D eigenvalue weighted by Crippen LogP contribution is -2.31. The van der Waals surface area contributed by atoms with E-state index in [9.17, 15) is 14.8 Å². The van der Waals surface area contributed by atoms with Crippen molar-refractivity contribution in [2.75, 3.05) is 13.2 Å². The second-order valence-electron chi connectivity index (χ2n) is 5.49. The Morgan fingerprint density at radius 1 is 0.840 bits per heavy atom. The molecule has 25 heavy (non-hydrogen) atoms. The Labute approximate surface area is 145 Å². The van der Waals surface area contributed by atoms with Gasteiger partial charge in [-0.2, -0.15) is 0 Å². The summed E-state index contributed by atoms with van der Waals surface area (Å²) >= 11 is 0. The predicted octanol–water partition coefficient (Wildman–Crippen LogP) is 3.53. The highest BCUT2D eigenvalue weighted by atomic mass is 16.5. The number of ether oxygens (including phenoxy) is 1. The van der Waals surface area contributed by atoms with Gasteiger partial charge in [-0.1, -0.05) is 48.5 Å². The maximum Gasteiger partial charge on any atom is 0.338 e. The zero-order valence-corrected chi connectivity index (χ0v) is 13.5. The van der Waals surface area contributed by atoms with Gasteiger partial charge in [-0.15, -0.1) is 0 Å². The molecule has 0 saturated heterocycles. The molecule has 0 bridgehead atoms. The van der Waals surface area contributed by atoms with Crippen molar-refractivity contribution in [2.45, 2.75) is 0 Å². The van der Waals surface area contributed by atoms with Crippen molar-refractivity contribution in [1.29, 1.82) is 0 Å². The summed E-state index contributed by atoms with van der Waals surface area (Å²) in [5.41, 5.74) is 0.795. The number of hydroxylamine groups is 2. The highest BCUT2D eigenvalue weighted by Crippen LogP contribution is 2.16. The molecule has 0 aliphatic rings. The number of hydrogen-bond donors (Lipinski definition) is 1. The first-order valence-corrected chi connectivity index (χ1v) is 7.87. The van der Waals surface area contributed by atoms with Gasteiger partial charge in [-0.3, -0.25) is 10.0 Å². The lowest BCUT2D eigenvalue weighted by Gasteiger charge is -2.15. The molecule has 0 heterocycles. The van der Waals surface area contributed by atoms with Crippen molar-refractivity contribution >= 4 is 22.6 Å². The Hall–Kier alpha value is -3.18. The minimum absolute atomic E-state index is 0.0965. The summed E-state index contributed by atoms with van der Waals surface area (Å²) in [6.07, 6.45) is 0. The fraction of sp³-hybridized carbons (Fsp3) is 0.100. The Morgan fingerprint density at radius 2 is 1.52 bits per heavy atom. The molecule has 0 saturated carbocycles. The lowest BCUT2D eigenvalue weighted by molar-refractivity contribution is -0.0673. The van der Waals surface area contributed by atoms with Crippen LogP contribution in [0.25, 0.3) is 10.8 Å². The molecular formula is C20H17NO4. The Morgan fingerprint density at radius 3 is 2.28 bits per heavy atom. The molecule has 3 aromatic carbocycles. The summed E-state index contributed by atoms with van der Waals surface area (Å²) in [6, 6.07) is 21.4. The monoisotopic (exact) mass is 335 g/mol. The van der Waals surface area contributed by atoms with Crippen LogP contribution in [-0.2, 0) is 4.74 Å². The first-order valence-electron chi connectivity index (χ1n) is 7.87. The number of rotatable bonds is 5. The third kappa shape index (κ3) is 4.02. The van der Waals surface area contributed by atoms with Gasteiger partial charge in [-0.05, 0) is 35.0 Å². The van der Waals surface area contributed by atoms with E-state index in [4.69, 9.17) is 4.74 Å². The van der Waals surface area contributed by atoms with E-state index in [2.05, 4.69) is 0 Å². The fourth-order valence-corrected chi connectivity index (χ4v) is 2.46. The first kappa shape index (κ1) is 16.7. The maximum absolute atomic E-state index is 12.1. The average molecular weight is 335 g/mol. The van der Waals surface area contributed by atoms with Crippen LogP contribution in [0, 0.1) is 0 Å². The Bertz CT molecular complexity index is 892. The van der Waals surface area contributed by atoms with E-state index in [1.165, 1.54) is 0 Å². The molecule has 0 atom stereocenters. The summed E-state index contributed by atoms with van der Waals surface area (Å²) in [7, 11) is 0. The van der Waals surface area contributed by atoms with E-state index in [0.29, 0.717) is 16.2 Å². The summed E-state index contributed by atoms with van der Waals surface area (Å²) in [4.78, 5) is 24.1. The summed E-state index contributed by atoms with van der Waals surface area (Å²) in [6.45, 7) is -0.201. The second-order valence-corrected chi connectivity index (χ2v) is 5.49. The minimum atomic E-state index is -0.539. The molecule has 0 spiro atoms. The van der Waals surface area contributed by atoms with Gasteiger partial charge in [0.2, 0.25) is 0 Å². The normalized spacial score (nSPS) is 10.4. The third-order valence-electron chi connectivity index (χ3n) is 3.78. The molecule has 1 N–H and O–H groups in total. The van der Waals surface area contributed by atoms with Crippen LogP contribution >= 0.6 is 0 Å². The van der Waals surface area contributed by atoms with Crippen molar-refractivity contribution in [2.24, 2.45) is 0 Å². The zero-order valence-electron chi connectivity index (χ0n) is 13.5. The molecule has 0 aliphatic heterocycles. The molecule has 3 rings (SSSR count). The fourth-order valence-electron chi connectivity index (χ4n) is 2.46. The number of hydrogen-bond acceptors (Lipinski definition) is 4. The number of benzene rings is 3. The molecule has 1 amide bonds. The van der Waals surface area contributed by atoms with Gasteiger partial charge in [0.15, 0.2) is 0 Å². The van der Waals surface area contributed by atoms with E-state index in [-0.39, 0.29) is 13.2 Å². The summed E-state index contributed by atoms with van der Waals surface area (Å²) in [5, 5.41) is 12.3. The summed E-state index contributed by atoms with van der Waals surface area (Å²) in [5.74, 6) is -1.03. The topological polar surface area (TPSA) is 66.8 Å². The van der Waals surface area contributed by atoms with Crippen molar-refractivity contribution in [1.82, 2.24) is 5.06 Å². The van der Waals surface area contributed by atoms with Crippen molar-refractivity contribution in [3.05, 3.63) is 83.9 Å². The zero-order chi connectivity index (χ0) is 17.6. The van der Waals surface area contributed by atoms with E-state index >= 15 is 0 Å². The van der Waals surface area contributed by atoms with Gasteiger partial charge in [0, 0.05) is 5.56 Å². The van der Waals surface area contributed by atoms with Crippen LogP contribution in [0.4, 0.5) is 0 Å². The van der Waals surface area contributed by atoms with E-state index in [1.54, 1.807) is 42.5 Å². The standard InChI is InChI=1S/C20H17NO4/c22-19(16-7-2-1-3-8-16)21(24)12-13-25-20(23)18-11-10-15-6-4-5-9-17(15)14-18/h1-11,14,24H,12-13H2. The first-order chi connectivity index (χ1) is 12.1. The lowest BCUT2D eigenvalue weighted by atomic mass is 10.1. The number of carbonyl (C=O) groups excluding carboxylic acids is 2. The summed E-state index contributed by atoms with van der Waals surface area (Å²) < 4.78 is 5.14. The maximum atomic E-state index is 12.1. The Balaban J connectivity index is 1.55. The van der Waals surface area contributed by atoms with Crippen LogP contribution in [-0.4, -0.2) is 35.3 Å². The minimum Gasteiger partial charge on any atom is -0.460 e. The third-order valence-corrected chi connectivity index (χ3v) is 3.78. The van der Waals surface area contributed by atoms with Crippen LogP contribution in [0.1, 0.15) is 20.7 Å². The molecule has 0 aliphatic carbocycles. The van der Waals surface area contributed by atoms with Crippen LogP contribution in [0.2, 0.25) is 0 Å². The van der Waals surface area contributed by atoms with E-state index < -0.39 is 11.9 Å². The van der Waals surface area contributed by atoms with E-state index in [1.807, 2.05) is 30.3 Å². The highest BCUT2D eigenvalue weighted by Gasteiger charge is 2.14. The average Bonchev–Trinajstić information content (AvgIpc) is 2.67. The van der Waals surface area contributed by atoms with Gasteiger partial charge in [-0.25, -0.2) is 9.86 Å². The largest absolute Gasteiger partial charge is 0.460 e. The quantitative estimate of drug-likeness (QED) is 0.440. The molecule has 0 aromatic heterocycles. The van der Waals surface area contributed by atoms with Crippen LogP contribution < -0.4 is 0 Å². The molecule has 0 radical (unpaired) electrons. The van der Waals surface area contributed by atoms with Gasteiger partial charge in [0.05, 0.1) is 12.1 Å². The smallest absolute Gasteiger partial charge is 0.338 e. The van der Waals surface area contributed by atoms with Crippen LogP contribution in [0.15, 0.2) is 72.8 Å². The molecule has 3 aromatic rings. The van der Waals surface area contributed by atoms with Gasteiger partial charge in [0.25, 0.3) is 5.91 Å². The molecular weight excluding hydrogens is 318 g/mol. The second kappa shape index (κ2) is 7.59. The number of esters is 1. The predicted molar refractivity (Wildman–Crippen MR) is 93.5 cm³/mol. The molecule has 0 fully saturated rings. The molecule has 126 valence electrons. The molecule has 5 nitrogen and oxygen atoms in total. The van der Waals surface area contributed by atoms with Crippen molar-refractivity contribution in [3.63, 3.8) is 0 Å². The number of fused-ring (bicyclic) bond motifs is 1. The van der Waals surface area contributed by atoms with Crippen molar-refractivity contribution < 1.29 is 19.5 Å². The SMILES string of the molecule is O=C(OCCN(O)C(=O)c1ccccc1)c1ccc2ccccc2c1. The Kier molecular flexibility index (Phi) is 5.06. The van der Waals surface area contributed by atoms with Crippen LogP contribution in [0.5, 0.6) is 0 Å². The van der Waals surface area contributed by atoms with Crippen LogP contribution in [0.3, 0.4) is 0 Å². The van der Waals surface area contributed by atoms with Gasteiger partial charge >= 0.3 is 5.97 Å². The van der Waals surface area contributed by atoms with Crippen molar-refractivity contribution in [3.8, 4) is 0 Å². The van der Waals surface area contributed by atoms with Gasteiger partial charge < -0.3 is 4.74 Å². The molecule has 5 heteroatoms. The molecule has 0 unspecified atom stereocenters.